The molecule has 5 heteroatoms. The fraction of sp³-hybridized carbons (Fsp3) is 0.417. The Balaban J connectivity index is 1.27. The van der Waals surface area contributed by atoms with Crippen molar-refractivity contribution in [2.75, 3.05) is 29.9 Å². The monoisotopic (exact) mass is 391 g/mol. The third-order valence-electron chi connectivity index (χ3n) is 6.13. The number of rotatable bonds is 5. The minimum Gasteiger partial charge on any atom is -0.326 e. The van der Waals surface area contributed by atoms with E-state index in [9.17, 15) is 9.59 Å². The molecule has 0 bridgehead atoms. The van der Waals surface area contributed by atoms with Crippen LogP contribution in [-0.4, -0.2) is 36.3 Å². The Kier molecular flexibility index (Phi) is 5.95. The van der Waals surface area contributed by atoms with E-state index in [0.29, 0.717) is 6.42 Å². The van der Waals surface area contributed by atoms with Gasteiger partial charge in [-0.2, -0.15) is 0 Å². The molecule has 0 aliphatic carbocycles. The second-order valence-electron chi connectivity index (χ2n) is 8.16. The van der Waals surface area contributed by atoms with Crippen molar-refractivity contribution in [2.45, 2.75) is 39.2 Å². The van der Waals surface area contributed by atoms with Crippen LogP contribution in [0.5, 0.6) is 0 Å². The zero-order valence-corrected chi connectivity index (χ0v) is 17.1. The second-order valence-corrected chi connectivity index (χ2v) is 8.16. The summed E-state index contributed by atoms with van der Waals surface area (Å²) in [7, 11) is 0. The summed E-state index contributed by atoms with van der Waals surface area (Å²) in [5.74, 6) is 0.340. The minimum absolute atomic E-state index is 0.0583. The first-order valence-corrected chi connectivity index (χ1v) is 10.6. The van der Waals surface area contributed by atoms with Crippen LogP contribution in [0.25, 0.3) is 0 Å². The number of hydrogen-bond acceptors (Lipinski definition) is 3. The third kappa shape index (κ3) is 4.67. The van der Waals surface area contributed by atoms with Crippen LogP contribution in [0.15, 0.2) is 48.5 Å². The summed E-state index contributed by atoms with van der Waals surface area (Å²) >= 11 is 0. The number of nitrogens with one attached hydrogen (secondary N) is 1. The van der Waals surface area contributed by atoms with Crippen LogP contribution in [-0.2, 0) is 16.1 Å². The molecule has 5 nitrogen and oxygen atoms in total. The SMILES string of the molecule is Cc1ccccc1CN1CCC(C(=O)Nc2ccc(N3CCCC3=O)cc2)CC1. The fourth-order valence-corrected chi connectivity index (χ4v) is 4.27. The van der Waals surface area contributed by atoms with Gasteiger partial charge in [-0.25, -0.2) is 0 Å². The predicted molar refractivity (Wildman–Crippen MR) is 116 cm³/mol. The molecule has 2 aliphatic heterocycles. The molecule has 2 amide bonds. The number of amides is 2. The van der Waals surface area contributed by atoms with Crippen molar-refractivity contribution >= 4 is 23.2 Å². The summed E-state index contributed by atoms with van der Waals surface area (Å²) in [4.78, 5) is 28.8. The quantitative estimate of drug-likeness (QED) is 0.839. The molecule has 2 aromatic rings. The second kappa shape index (κ2) is 8.78. The molecule has 2 aliphatic rings. The molecular formula is C24H29N3O2. The number of nitrogens with zero attached hydrogens (tertiary/aromatic N) is 2. The summed E-state index contributed by atoms with van der Waals surface area (Å²) in [6.07, 6.45) is 3.32. The topological polar surface area (TPSA) is 52.7 Å². The number of benzene rings is 2. The maximum atomic E-state index is 12.7. The van der Waals surface area contributed by atoms with Crippen LogP contribution in [0.4, 0.5) is 11.4 Å². The van der Waals surface area contributed by atoms with Crippen LogP contribution >= 0.6 is 0 Å². The maximum Gasteiger partial charge on any atom is 0.227 e. The van der Waals surface area contributed by atoms with Crippen LogP contribution in [0.2, 0.25) is 0 Å². The van der Waals surface area contributed by atoms with Crippen LogP contribution in [0.1, 0.15) is 36.8 Å². The first-order chi connectivity index (χ1) is 14.1. The van der Waals surface area contributed by atoms with Crippen molar-refractivity contribution in [3.63, 3.8) is 0 Å². The van der Waals surface area contributed by atoms with Gasteiger partial charge in [0.2, 0.25) is 11.8 Å². The Hall–Kier alpha value is -2.66. The zero-order chi connectivity index (χ0) is 20.2. The Morgan fingerprint density at radius 3 is 2.41 bits per heavy atom. The maximum absolute atomic E-state index is 12.7. The highest BCUT2D eigenvalue weighted by atomic mass is 16.2. The van der Waals surface area contributed by atoms with E-state index < -0.39 is 0 Å². The Labute approximate surface area is 172 Å². The number of aryl methyl sites for hydroxylation is 1. The van der Waals surface area contributed by atoms with Gasteiger partial charge in [0.25, 0.3) is 0 Å². The van der Waals surface area contributed by atoms with Crippen molar-refractivity contribution in [3.8, 4) is 0 Å². The summed E-state index contributed by atoms with van der Waals surface area (Å²) in [6.45, 7) is 5.79. The van der Waals surface area contributed by atoms with E-state index in [4.69, 9.17) is 0 Å². The highest BCUT2D eigenvalue weighted by Crippen LogP contribution is 2.25. The largest absolute Gasteiger partial charge is 0.326 e. The van der Waals surface area contributed by atoms with Gasteiger partial charge in [-0.1, -0.05) is 24.3 Å². The van der Waals surface area contributed by atoms with Gasteiger partial charge in [-0.15, -0.1) is 0 Å². The van der Waals surface area contributed by atoms with Gasteiger partial charge in [0.1, 0.15) is 0 Å². The number of carbonyl (C=O) groups excluding carboxylic acids is 2. The lowest BCUT2D eigenvalue weighted by atomic mass is 9.95. The van der Waals surface area contributed by atoms with Crippen molar-refractivity contribution in [3.05, 3.63) is 59.7 Å². The molecule has 0 atom stereocenters. The molecule has 152 valence electrons. The van der Waals surface area contributed by atoms with E-state index in [1.807, 2.05) is 29.2 Å². The number of hydrogen-bond donors (Lipinski definition) is 1. The molecule has 2 fully saturated rings. The van der Waals surface area contributed by atoms with Gasteiger partial charge >= 0.3 is 0 Å². The lowest BCUT2D eigenvalue weighted by Crippen LogP contribution is -2.37. The molecule has 1 N–H and O–H groups in total. The van der Waals surface area contributed by atoms with Gasteiger partial charge < -0.3 is 10.2 Å². The number of carbonyl (C=O) groups is 2. The first kappa shape index (κ1) is 19.6. The van der Waals surface area contributed by atoms with Crippen molar-refractivity contribution in [1.29, 1.82) is 0 Å². The van der Waals surface area contributed by atoms with Gasteiger partial charge in [0.15, 0.2) is 0 Å². The standard InChI is InChI=1S/C24H29N3O2/c1-18-5-2-3-6-20(18)17-26-15-12-19(13-16-26)24(29)25-21-8-10-22(11-9-21)27-14-4-7-23(27)28/h2-3,5-6,8-11,19H,4,7,12-17H2,1H3,(H,25,29). The molecule has 0 saturated carbocycles. The smallest absolute Gasteiger partial charge is 0.227 e. The average molecular weight is 392 g/mol. The van der Waals surface area contributed by atoms with Gasteiger partial charge in [0, 0.05) is 36.8 Å². The molecule has 0 spiro atoms. The van der Waals surface area contributed by atoms with Crippen LogP contribution in [0.3, 0.4) is 0 Å². The molecular weight excluding hydrogens is 362 g/mol. The highest BCUT2D eigenvalue weighted by Gasteiger charge is 2.25. The van der Waals surface area contributed by atoms with Crippen LogP contribution in [0, 0.1) is 12.8 Å². The first-order valence-electron chi connectivity index (χ1n) is 10.6. The van der Waals surface area contributed by atoms with E-state index in [0.717, 1.165) is 56.8 Å². The van der Waals surface area contributed by atoms with Crippen molar-refractivity contribution < 1.29 is 9.59 Å². The lowest BCUT2D eigenvalue weighted by molar-refractivity contribution is -0.121. The van der Waals surface area contributed by atoms with E-state index in [1.54, 1.807) is 0 Å². The molecule has 0 unspecified atom stereocenters. The predicted octanol–water partition coefficient (Wildman–Crippen LogP) is 3.97. The molecule has 4 rings (SSSR count). The van der Waals surface area contributed by atoms with Gasteiger partial charge in [0.05, 0.1) is 0 Å². The Bertz CT molecular complexity index is 870. The van der Waals surface area contributed by atoms with Crippen LogP contribution < -0.4 is 10.2 Å². The molecule has 2 saturated heterocycles. The fourth-order valence-electron chi connectivity index (χ4n) is 4.27. The molecule has 2 aromatic carbocycles. The molecule has 2 heterocycles. The van der Waals surface area contributed by atoms with Gasteiger partial charge in [-0.3, -0.25) is 14.5 Å². The Morgan fingerprint density at radius 2 is 1.76 bits per heavy atom. The van der Waals surface area contributed by atoms with Gasteiger partial charge in [-0.05, 0) is 74.7 Å². The highest BCUT2D eigenvalue weighted by molar-refractivity contribution is 5.96. The zero-order valence-electron chi connectivity index (χ0n) is 17.1. The summed E-state index contributed by atoms with van der Waals surface area (Å²) in [5.41, 5.74) is 4.40. The van der Waals surface area contributed by atoms with E-state index in [2.05, 4.69) is 41.4 Å². The molecule has 29 heavy (non-hydrogen) atoms. The molecule has 0 radical (unpaired) electrons. The van der Waals surface area contributed by atoms with Crippen molar-refractivity contribution in [1.82, 2.24) is 4.90 Å². The summed E-state index contributed by atoms with van der Waals surface area (Å²) in [5, 5.41) is 3.05. The normalized spacial score (nSPS) is 18.2. The Morgan fingerprint density at radius 1 is 1.03 bits per heavy atom. The van der Waals surface area contributed by atoms with E-state index in [-0.39, 0.29) is 17.7 Å². The van der Waals surface area contributed by atoms with Crippen molar-refractivity contribution in [2.24, 2.45) is 5.92 Å². The average Bonchev–Trinajstić information content (AvgIpc) is 3.17. The van der Waals surface area contributed by atoms with E-state index in [1.165, 1.54) is 11.1 Å². The molecule has 0 aromatic heterocycles. The summed E-state index contributed by atoms with van der Waals surface area (Å²) in [6, 6.07) is 16.1. The summed E-state index contributed by atoms with van der Waals surface area (Å²) < 4.78 is 0. The third-order valence-corrected chi connectivity index (χ3v) is 6.13. The van der Waals surface area contributed by atoms with E-state index >= 15 is 0 Å². The number of piperidine rings is 1. The lowest BCUT2D eigenvalue weighted by Gasteiger charge is -2.31. The number of anilines is 2. The minimum atomic E-state index is 0.0583. The number of likely N-dealkylation sites (tertiary alicyclic amines) is 1.